The van der Waals surface area contributed by atoms with E-state index in [2.05, 4.69) is 25.9 Å². The van der Waals surface area contributed by atoms with Crippen LogP contribution in [0, 0.1) is 11.6 Å². The number of hydrogen-bond donors (Lipinski definition) is 4. The van der Waals surface area contributed by atoms with E-state index < -0.39 is 5.82 Å². The summed E-state index contributed by atoms with van der Waals surface area (Å²) in [6, 6.07) is 10.3. The second-order valence-electron chi connectivity index (χ2n) is 6.16. The van der Waals surface area contributed by atoms with E-state index in [9.17, 15) is 13.6 Å². The molecule has 6 nitrogen and oxygen atoms in total. The second kappa shape index (κ2) is 10.7. The van der Waals surface area contributed by atoms with Crippen molar-refractivity contribution >= 4 is 52.4 Å². The molecule has 2 aromatic carbocycles. The van der Waals surface area contributed by atoms with Gasteiger partial charge in [-0.25, -0.2) is 8.78 Å². The quantitative estimate of drug-likeness (QED) is 0.232. The van der Waals surface area contributed by atoms with Crippen LogP contribution in [0.5, 0.6) is 0 Å². The first-order valence-electron chi connectivity index (χ1n) is 8.80. The zero-order valence-electron chi connectivity index (χ0n) is 15.8. The number of hydrogen-bond acceptors (Lipinski definition) is 2. The Morgan fingerprint density at radius 1 is 1.10 bits per heavy atom. The molecule has 0 atom stereocenters. The van der Waals surface area contributed by atoms with Crippen molar-refractivity contribution in [3.8, 4) is 0 Å². The fraction of sp³-hybridized carbons (Fsp3) is 0.200. The Hall–Kier alpha value is -2.69. The van der Waals surface area contributed by atoms with Gasteiger partial charge in [0.25, 0.3) is 0 Å². The maximum absolute atomic E-state index is 13.4. The highest BCUT2D eigenvalue weighted by Crippen LogP contribution is 2.19. The lowest BCUT2D eigenvalue weighted by atomic mass is 10.1. The zero-order chi connectivity index (χ0) is 19.9. The normalized spacial score (nSPS) is 11.1. The van der Waals surface area contributed by atoms with Crippen LogP contribution in [0.4, 0.5) is 14.5 Å². The Morgan fingerprint density at radius 3 is 2.66 bits per heavy atom. The van der Waals surface area contributed by atoms with Gasteiger partial charge in [0.2, 0.25) is 5.91 Å². The molecule has 0 saturated heterocycles. The van der Waals surface area contributed by atoms with Gasteiger partial charge in [0.1, 0.15) is 11.6 Å². The molecule has 0 aliphatic rings. The number of nitrogens with zero attached hydrogens (tertiary/aromatic N) is 1. The summed E-state index contributed by atoms with van der Waals surface area (Å²) in [4.78, 5) is 19.1. The number of guanidine groups is 1. The van der Waals surface area contributed by atoms with Crippen LogP contribution in [0.3, 0.4) is 0 Å². The van der Waals surface area contributed by atoms with Crippen molar-refractivity contribution in [2.75, 3.05) is 25.5 Å². The molecule has 3 aromatic rings. The minimum atomic E-state index is -0.416. The molecule has 0 bridgehead atoms. The van der Waals surface area contributed by atoms with Gasteiger partial charge in [0.05, 0.1) is 6.54 Å². The van der Waals surface area contributed by atoms with Crippen LogP contribution in [0.1, 0.15) is 5.56 Å². The van der Waals surface area contributed by atoms with Crippen molar-refractivity contribution < 1.29 is 13.6 Å². The third-order valence-corrected chi connectivity index (χ3v) is 4.16. The number of aromatic nitrogens is 1. The summed E-state index contributed by atoms with van der Waals surface area (Å²) in [5.74, 6) is -0.551. The summed E-state index contributed by atoms with van der Waals surface area (Å²) in [6.45, 7) is 0.531. The van der Waals surface area contributed by atoms with E-state index in [0.717, 1.165) is 16.5 Å². The number of H-pyrrole nitrogens is 1. The monoisotopic (exact) mass is 513 g/mol. The van der Waals surface area contributed by atoms with Crippen molar-refractivity contribution in [3.63, 3.8) is 0 Å². The number of aliphatic imine (C=N–C) groups is 1. The molecule has 1 amide bonds. The molecule has 1 aromatic heterocycles. The summed E-state index contributed by atoms with van der Waals surface area (Å²) in [7, 11) is 1.60. The summed E-state index contributed by atoms with van der Waals surface area (Å²) in [5.41, 5.74) is 2.26. The fourth-order valence-corrected chi connectivity index (χ4v) is 2.83. The highest BCUT2D eigenvalue weighted by molar-refractivity contribution is 14.0. The molecule has 0 aliphatic carbocycles. The number of carbonyl (C=O) groups is 1. The summed E-state index contributed by atoms with van der Waals surface area (Å²) < 4.78 is 26.6. The smallest absolute Gasteiger partial charge is 0.243 e. The minimum Gasteiger partial charge on any atom is -0.361 e. The van der Waals surface area contributed by atoms with E-state index in [1.165, 1.54) is 30.3 Å². The largest absolute Gasteiger partial charge is 0.361 e. The van der Waals surface area contributed by atoms with Crippen LogP contribution < -0.4 is 16.0 Å². The van der Waals surface area contributed by atoms with Gasteiger partial charge in [-0.05, 0) is 48.4 Å². The number of carbonyl (C=O) groups excluding carboxylic acids is 1. The Balaban J connectivity index is 0.00000300. The molecule has 0 spiro atoms. The van der Waals surface area contributed by atoms with Gasteiger partial charge in [-0.1, -0.05) is 6.07 Å². The predicted octanol–water partition coefficient (Wildman–Crippen LogP) is 3.41. The van der Waals surface area contributed by atoms with Crippen LogP contribution in [0.15, 0.2) is 53.7 Å². The van der Waals surface area contributed by atoms with E-state index in [1.54, 1.807) is 19.2 Å². The molecule has 0 saturated carbocycles. The highest BCUT2D eigenvalue weighted by Gasteiger charge is 2.07. The van der Waals surface area contributed by atoms with Gasteiger partial charge < -0.3 is 20.9 Å². The number of halogens is 3. The van der Waals surface area contributed by atoms with Gasteiger partial charge in [0.15, 0.2) is 5.96 Å². The fourth-order valence-electron chi connectivity index (χ4n) is 2.83. The second-order valence-corrected chi connectivity index (χ2v) is 6.16. The first-order chi connectivity index (χ1) is 13.5. The average Bonchev–Trinajstić information content (AvgIpc) is 3.06. The number of anilines is 1. The molecular formula is C20H22F2IN5O. The lowest BCUT2D eigenvalue weighted by Crippen LogP contribution is -2.42. The average molecular weight is 513 g/mol. The van der Waals surface area contributed by atoms with Crippen molar-refractivity contribution in [1.29, 1.82) is 0 Å². The van der Waals surface area contributed by atoms with E-state index in [0.29, 0.717) is 24.6 Å². The SMILES string of the molecule is CN=C(NCCc1c[nH]c2ccc(F)cc12)NCC(=O)Nc1cccc(F)c1.I. The van der Waals surface area contributed by atoms with Crippen molar-refractivity contribution in [3.05, 3.63) is 65.9 Å². The molecule has 154 valence electrons. The van der Waals surface area contributed by atoms with E-state index >= 15 is 0 Å². The molecule has 1 heterocycles. The lowest BCUT2D eigenvalue weighted by Gasteiger charge is -2.12. The van der Waals surface area contributed by atoms with Gasteiger partial charge in [-0.2, -0.15) is 0 Å². The number of fused-ring (bicyclic) bond motifs is 1. The van der Waals surface area contributed by atoms with Gasteiger partial charge in [-0.15, -0.1) is 24.0 Å². The molecule has 0 fully saturated rings. The topological polar surface area (TPSA) is 81.3 Å². The standard InChI is InChI=1S/C20H21F2N5O.HI/c1-23-20(26-12-19(28)27-16-4-2-3-14(21)9-16)24-8-7-13-11-25-18-6-5-15(22)10-17(13)18;/h2-6,9-11,25H,7-8,12H2,1H3,(H,27,28)(H2,23,24,26);1H. The molecule has 0 unspecified atom stereocenters. The molecule has 4 N–H and O–H groups in total. The Labute approximate surface area is 184 Å². The van der Waals surface area contributed by atoms with E-state index in [1.807, 2.05) is 6.20 Å². The first kappa shape index (κ1) is 22.6. The Kier molecular flexibility index (Phi) is 8.37. The summed E-state index contributed by atoms with van der Waals surface area (Å²) in [6.07, 6.45) is 2.51. The maximum atomic E-state index is 13.4. The maximum Gasteiger partial charge on any atom is 0.243 e. The Bertz CT molecular complexity index is 1010. The van der Waals surface area contributed by atoms with Crippen molar-refractivity contribution in [2.45, 2.75) is 6.42 Å². The minimum absolute atomic E-state index is 0. The molecule has 29 heavy (non-hydrogen) atoms. The summed E-state index contributed by atoms with van der Waals surface area (Å²) >= 11 is 0. The third kappa shape index (κ3) is 6.41. The van der Waals surface area contributed by atoms with Crippen LogP contribution >= 0.6 is 24.0 Å². The van der Waals surface area contributed by atoms with Gasteiger partial charge >= 0.3 is 0 Å². The zero-order valence-corrected chi connectivity index (χ0v) is 18.1. The number of rotatable bonds is 6. The van der Waals surface area contributed by atoms with Crippen LogP contribution in [-0.4, -0.2) is 37.0 Å². The number of aromatic amines is 1. The van der Waals surface area contributed by atoms with E-state index in [4.69, 9.17) is 0 Å². The Morgan fingerprint density at radius 2 is 1.90 bits per heavy atom. The molecule has 0 aliphatic heterocycles. The van der Waals surface area contributed by atoms with Crippen LogP contribution in [0.25, 0.3) is 10.9 Å². The number of amides is 1. The van der Waals surface area contributed by atoms with E-state index in [-0.39, 0.29) is 42.2 Å². The highest BCUT2D eigenvalue weighted by atomic mass is 127. The molecule has 0 radical (unpaired) electrons. The molecule has 9 heteroatoms. The van der Waals surface area contributed by atoms with Crippen molar-refractivity contribution in [2.24, 2.45) is 4.99 Å². The third-order valence-electron chi connectivity index (χ3n) is 4.16. The molecule has 3 rings (SSSR count). The lowest BCUT2D eigenvalue weighted by molar-refractivity contribution is -0.115. The van der Waals surface area contributed by atoms with Gasteiger partial charge in [0, 0.05) is 36.4 Å². The van der Waals surface area contributed by atoms with Gasteiger partial charge in [-0.3, -0.25) is 9.79 Å². The number of nitrogens with one attached hydrogen (secondary N) is 4. The first-order valence-corrected chi connectivity index (χ1v) is 8.80. The number of benzene rings is 2. The van der Waals surface area contributed by atoms with Crippen molar-refractivity contribution in [1.82, 2.24) is 15.6 Å². The van der Waals surface area contributed by atoms with Crippen LogP contribution in [-0.2, 0) is 11.2 Å². The van der Waals surface area contributed by atoms with Crippen LogP contribution in [0.2, 0.25) is 0 Å². The predicted molar refractivity (Wildman–Crippen MR) is 122 cm³/mol. The molecular weight excluding hydrogens is 491 g/mol. The summed E-state index contributed by atoms with van der Waals surface area (Å²) in [5, 5.41) is 9.45.